The number of aryl methyl sites for hydroxylation is 1. The summed E-state index contributed by atoms with van der Waals surface area (Å²) < 4.78 is 0. The largest absolute Gasteiger partial charge is 0.184 e. The second-order valence-electron chi connectivity index (χ2n) is 3.90. The number of rotatable bonds is 5. The number of benzene rings is 1. The Morgan fingerprint density at radius 1 is 1.12 bits per heavy atom. The van der Waals surface area contributed by atoms with Crippen molar-refractivity contribution in [1.82, 2.24) is 15.0 Å². The minimum atomic E-state index is 0.917. The van der Waals surface area contributed by atoms with Gasteiger partial charge in [0.25, 0.3) is 0 Å². The van der Waals surface area contributed by atoms with Crippen LogP contribution >= 0.6 is 0 Å². The van der Waals surface area contributed by atoms with Gasteiger partial charge in [-0.15, -0.1) is 0 Å². The van der Waals surface area contributed by atoms with Gasteiger partial charge >= 0.3 is 0 Å². The first kappa shape index (κ1) is 10.9. The average molecular weight is 215 g/mol. The van der Waals surface area contributed by atoms with Crippen molar-refractivity contribution in [2.24, 2.45) is 0 Å². The summed E-state index contributed by atoms with van der Waals surface area (Å²) in [6.45, 7) is 3.12. The Morgan fingerprint density at radius 2 is 1.94 bits per heavy atom. The van der Waals surface area contributed by atoms with E-state index in [0.717, 1.165) is 24.2 Å². The second kappa shape index (κ2) is 5.45. The van der Waals surface area contributed by atoms with Crippen molar-refractivity contribution >= 4 is 0 Å². The van der Waals surface area contributed by atoms with E-state index < -0.39 is 0 Å². The molecule has 0 N–H and O–H groups in total. The van der Waals surface area contributed by atoms with E-state index in [-0.39, 0.29) is 0 Å². The maximum absolute atomic E-state index is 4.46. The number of aromatic nitrogens is 3. The Balaban J connectivity index is 2.02. The normalized spacial score (nSPS) is 10.6. The standard InChI is InChI=1S/C13H17N3/c1-2-3-7-10-16-14-11-13(15-16)12-8-5-4-6-9-12/h4-6,8-9,11H,2-3,7,10H2,1H3. The molecular weight excluding hydrogens is 198 g/mol. The summed E-state index contributed by atoms with van der Waals surface area (Å²) in [5.74, 6) is 0. The van der Waals surface area contributed by atoms with Gasteiger partial charge in [-0.1, -0.05) is 50.1 Å². The van der Waals surface area contributed by atoms with Gasteiger partial charge in [0.15, 0.2) is 0 Å². The lowest BCUT2D eigenvalue weighted by molar-refractivity contribution is 0.497. The Bertz CT molecular complexity index is 420. The third kappa shape index (κ3) is 2.69. The molecule has 84 valence electrons. The van der Waals surface area contributed by atoms with Gasteiger partial charge in [-0.3, -0.25) is 0 Å². The Morgan fingerprint density at radius 3 is 2.69 bits per heavy atom. The molecule has 0 aliphatic rings. The fourth-order valence-electron chi connectivity index (χ4n) is 1.65. The van der Waals surface area contributed by atoms with Crippen LogP contribution in [0.1, 0.15) is 26.2 Å². The predicted octanol–water partition coefficient (Wildman–Crippen LogP) is 3.14. The van der Waals surface area contributed by atoms with Gasteiger partial charge in [0.05, 0.1) is 12.7 Å². The Hall–Kier alpha value is -1.64. The van der Waals surface area contributed by atoms with Crippen molar-refractivity contribution in [2.75, 3.05) is 0 Å². The molecule has 2 rings (SSSR count). The van der Waals surface area contributed by atoms with Gasteiger partial charge in [-0.2, -0.15) is 15.0 Å². The lowest BCUT2D eigenvalue weighted by Crippen LogP contribution is -2.02. The molecule has 0 spiro atoms. The molecule has 2 aromatic rings. The Labute approximate surface area is 96.1 Å². The SMILES string of the molecule is CCCCCn1ncc(-c2ccccc2)n1. The van der Waals surface area contributed by atoms with Crippen LogP contribution in [0.5, 0.6) is 0 Å². The van der Waals surface area contributed by atoms with Crippen LogP contribution in [0.25, 0.3) is 11.3 Å². The maximum Gasteiger partial charge on any atom is 0.113 e. The molecule has 0 saturated carbocycles. The molecule has 0 fully saturated rings. The molecule has 0 bridgehead atoms. The Kier molecular flexibility index (Phi) is 3.70. The molecular formula is C13H17N3. The van der Waals surface area contributed by atoms with Crippen LogP contribution < -0.4 is 0 Å². The average Bonchev–Trinajstić information content (AvgIpc) is 2.79. The highest BCUT2D eigenvalue weighted by molar-refractivity contribution is 5.56. The molecule has 0 atom stereocenters. The number of hydrogen-bond donors (Lipinski definition) is 0. The van der Waals surface area contributed by atoms with E-state index in [1.54, 1.807) is 4.80 Å². The monoisotopic (exact) mass is 215 g/mol. The molecule has 3 heteroatoms. The fraction of sp³-hybridized carbons (Fsp3) is 0.385. The summed E-state index contributed by atoms with van der Waals surface area (Å²) in [6, 6.07) is 10.2. The van der Waals surface area contributed by atoms with Gasteiger partial charge in [-0.05, 0) is 6.42 Å². The van der Waals surface area contributed by atoms with Crippen LogP contribution in [-0.4, -0.2) is 15.0 Å². The van der Waals surface area contributed by atoms with Crippen LogP contribution in [0.4, 0.5) is 0 Å². The van der Waals surface area contributed by atoms with Crippen molar-refractivity contribution in [3.05, 3.63) is 36.5 Å². The zero-order valence-corrected chi connectivity index (χ0v) is 9.63. The zero-order valence-electron chi connectivity index (χ0n) is 9.63. The molecule has 3 nitrogen and oxygen atoms in total. The molecule has 0 aliphatic carbocycles. The summed E-state index contributed by atoms with van der Waals surface area (Å²) in [5.41, 5.74) is 2.08. The van der Waals surface area contributed by atoms with E-state index in [1.165, 1.54) is 12.8 Å². The minimum Gasteiger partial charge on any atom is -0.184 e. The minimum absolute atomic E-state index is 0.917. The van der Waals surface area contributed by atoms with Crippen molar-refractivity contribution < 1.29 is 0 Å². The molecule has 0 unspecified atom stereocenters. The van der Waals surface area contributed by atoms with Gasteiger partial charge in [0.2, 0.25) is 0 Å². The summed E-state index contributed by atoms with van der Waals surface area (Å²) >= 11 is 0. The van der Waals surface area contributed by atoms with E-state index in [2.05, 4.69) is 29.3 Å². The highest BCUT2D eigenvalue weighted by Gasteiger charge is 2.02. The molecule has 1 aromatic heterocycles. The van der Waals surface area contributed by atoms with Crippen LogP contribution in [0, 0.1) is 0 Å². The van der Waals surface area contributed by atoms with Crippen LogP contribution in [0.2, 0.25) is 0 Å². The fourth-order valence-corrected chi connectivity index (χ4v) is 1.65. The number of nitrogens with zero attached hydrogens (tertiary/aromatic N) is 3. The molecule has 1 heterocycles. The highest BCUT2D eigenvalue weighted by Crippen LogP contribution is 2.14. The van der Waals surface area contributed by atoms with E-state index in [1.807, 2.05) is 24.4 Å². The lowest BCUT2D eigenvalue weighted by atomic mass is 10.2. The van der Waals surface area contributed by atoms with Crippen LogP contribution in [0.15, 0.2) is 36.5 Å². The zero-order chi connectivity index (χ0) is 11.2. The number of unbranched alkanes of at least 4 members (excludes halogenated alkanes) is 2. The number of hydrogen-bond acceptors (Lipinski definition) is 2. The quantitative estimate of drug-likeness (QED) is 0.717. The van der Waals surface area contributed by atoms with E-state index in [0.29, 0.717) is 0 Å². The lowest BCUT2D eigenvalue weighted by Gasteiger charge is -1.98. The smallest absolute Gasteiger partial charge is 0.113 e. The van der Waals surface area contributed by atoms with E-state index in [4.69, 9.17) is 0 Å². The molecule has 1 aromatic carbocycles. The summed E-state index contributed by atoms with van der Waals surface area (Å²) in [5, 5.41) is 8.73. The van der Waals surface area contributed by atoms with E-state index in [9.17, 15) is 0 Å². The van der Waals surface area contributed by atoms with Gasteiger partial charge in [0.1, 0.15) is 5.69 Å². The van der Waals surface area contributed by atoms with Crippen LogP contribution in [-0.2, 0) is 6.54 Å². The topological polar surface area (TPSA) is 30.7 Å². The maximum atomic E-state index is 4.46. The highest BCUT2D eigenvalue weighted by atomic mass is 15.5. The second-order valence-corrected chi connectivity index (χ2v) is 3.90. The molecule has 0 saturated heterocycles. The first-order chi connectivity index (χ1) is 7.90. The summed E-state index contributed by atoms with van der Waals surface area (Å²) in [6.07, 6.45) is 5.45. The third-order valence-corrected chi connectivity index (χ3v) is 2.57. The van der Waals surface area contributed by atoms with Crippen molar-refractivity contribution in [3.63, 3.8) is 0 Å². The first-order valence-corrected chi connectivity index (χ1v) is 5.85. The molecule has 0 amide bonds. The predicted molar refractivity (Wildman–Crippen MR) is 65.0 cm³/mol. The van der Waals surface area contributed by atoms with E-state index >= 15 is 0 Å². The van der Waals surface area contributed by atoms with Crippen LogP contribution in [0.3, 0.4) is 0 Å². The molecule has 0 aliphatic heterocycles. The van der Waals surface area contributed by atoms with Gasteiger partial charge in [0, 0.05) is 5.56 Å². The summed E-state index contributed by atoms with van der Waals surface area (Å²) in [7, 11) is 0. The van der Waals surface area contributed by atoms with Gasteiger partial charge < -0.3 is 0 Å². The molecule has 16 heavy (non-hydrogen) atoms. The molecule has 0 radical (unpaired) electrons. The first-order valence-electron chi connectivity index (χ1n) is 5.85. The van der Waals surface area contributed by atoms with Crippen molar-refractivity contribution in [1.29, 1.82) is 0 Å². The van der Waals surface area contributed by atoms with Crippen molar-refractivity contribution in [2.45, 2.75) is 32.7 Å². The third-order valence-electron chi connectivity index (χ3n) is 2.57. The summed E-state index contributed by atoms with van der Waals surface area (Å²) in [4.78, 5) is 1.79. The van der Waals surface area contributed by atoms with Crippen molar-refractivity contribution in [3.8, 4) is 11.3 Å². The van der Waals surface area contributed by atoms with Gasteiger partial charge in [-0.25, -0.2) is 0 Å².